The van der Waals surface area contributed by atoms with E-state index in [-0.39, 0.29) is 24.2 Å². The molecule has 0 saturated carbocycles. The summed E-state index contributed by atoms with van der Waals surface area (Å²) in [5.74, 6) is -0.147. The molecule has 0 fully saturated rings. The molecule has 0 radical (unpaired) electrons. The van der Waals surface area contributed by atoms with Crippen LogP contribution in [0.2, 0.25) is 0 Å². The van der Waals surface area contributed by atoms with Crippen LogP contribution in [0.15, 0.2) is 54.6 Å². The maximum absolute atomic E-state index is 12.4. The van der Waals surface area contributed by atoms with Crippen LogP contribution in [-0.2, 0) is 4.79 Å². The third-order valence-electron chi connectivity index (χ3n) is 4.14. The average Bonchev–Trinajstić information content (AvgIpc) is 2.59. The number of aliphatic hydroxyl groups excluding tert-OH is 1. The molecule has 0 saturated heterocycles. The van der Waals surface area contributed by atoms with E-state index >= 15 is 0 Å². The van der Waals surface area contributed by atoms with E-state index in [0.717, 1.165) is 16.7 Å². The Morgan fingerprint density at radius 1 is 1.08 bits per heavy atom. The van der Waals surface area contributed by atoms with Crippen molar-refractivity contribution in [2.45, 2.75) is 38.3 Å². The highest BCUT2D eigenvalue weighted by molar-refractivity contribution is 5.85. The van der Waals surface area contributed by atoms with Gasteiger partial charge in [0.25, 0.3) is 0 Å². The zero-order valence-corrected chi connectivity index (χ0v) is 15.5. The summed E-state index contributed by atoms with van der Waals surface area (Å²) in [6.45, 7) is 4.21. The zero-order valence-electron chi connectivity index (χ0n) is 14.7. The van der Waals surface area contributed by atoms with Gasteiger partial charge in [0, 0.05) is 12.5 Å². The van der Waals surface area contributed by atoms with E-state index in [1.165, 1.54) is 0 Å². The number of benzene rings is 2. The molecule has 2 rings (SSSR count). The van der Waals surface area contributed by atoms with Gasteiger partial charge in [-0.15, -0.1) is 12.4 Å². The van der Waals surface area contributed by atoms with Gasteiger partial charge in [0.2, 0.25) is 5.91 Å². The van der Waals surface area contributed by atoms with E-state index in [2.05, 4.69) is 5.32 Å². The van der Waals surface area contributed by atoms with Crippen LogP contribution in [-0.4, -0.2) is 23.7 Å². The van der Waals surface area contributed by atoms with Crippen molar-refractivity contribution in [3.63, 3.8) is 0 Å². The molecule has 4 nitrogen and oxygen atoms in total. The SMILES string of the molecule is Cc1ccc(C(N)C(=O)NCC(CC(C)O)c2ccccc2)cc1.Cl. The second kappa shape index (κ2) is 10.2. The van der Waals surface area contributed by atoms with Gasteiger partial charge in [0.15, 0.2) is 0 Å². The number of aliphatic hydroxyl groups is 1. The molecule has 0 aliphatic rings. The second-order valence-electron chi connectivity index (χ2n) is 6.33. The first kappa shape index (κ1) is 21.2. The van der Waals surface area contributed by atoms with Crippen molar-refractivity contribution in [2.75, 3.05) is 6.54 Å². The van der Waals surface area contributed by atoms with Gasteiger partial charge in [-0.05, 0) is 31.4 Å². The summed E-state index contributed by atoms with van der Waals surface area (Å²) in [7, 11) is 0. The highest BCUT2D eigenvalue weighted by Crippen LogP contribution is 2.21. The highest BCUT2D eigenvalue weighted by atomic mass is 35.5. The normalized spacial score (nSPS) is 14.1. The molecule has 136 valence electrons. The maximum Gasteiger partial charge on any atom is 0.241 e. The van der Waals surface area contributed by atoms with Gasteiger partial charge in [-0.25, -0.2) is 0 Å². The number of nitrogens with one attached hydrogen (secondary N) is 1. The molecule has 25 heavy (non-hydrogen) atoms. The fourth-order valence-electron chi connectivity index (χ4n) is 2.73. The molecule has 0 heterocycles. The highest BCUT2D eigenvalue weighted by Gasteiger charge is 2.19. The number of halogens is 1. The Kier molecular flexibility index (Phi) is 8.62. The lowest BCUT2D eigenvalue weighted by Gasteiger charge is -2.21. The van der Waals surface area contributed by atoms with Gasteiger partial charge in [-0.3, -0.25) is 4.79 Å². The molecule has 0 aliphatic heterocycles. The van der Waals surface area contributed by atoms with E-state index in [4.69, 9.17) is 5.73 Å². The van der Waals surface area contributed by atoms with Crippen LogP contribution < -0.4 is 11.1 Å². The minimum absolute atomic E-state index is 0. The zero-order chi connectivity index (χ0) is 17.5. The Balaban J connectivity index is 0.00000312. The summed E-state index contributed by atoms with van der Waals surface area (Å²) < 4.78 is 0. The van der Waals surface area contributed by atoms with E-state index in [1.54, 1.807) is 6.92 Å². The van der Waals surface area contributed by atoms with Crippen molar-refractivity contribution in [3.05, 3.63) is 71.3 Å². The molecule has 2 aromatic carbocycles. The number of nitrogens with two attached hydrogens (primary N) is 1. The van der Waals surface area contributed by atoms with E-state index in [9.17, 15) is 9.90 Å². The third-order valence-corrected chi connectivity index (χ3v) is 4.14. The number of rotatable bonds is 7. The summed E-state index contributed by atoms with van der Waals surface area (Å²) in [6.07, 6.45) is 0.155. The Hall–Kier alpha value is -1.88. The van der Waals surface area contributed by atoms with Crippen LogP contribution in [0.25, 0.3) is 0 Å². The predicted octanol–water partition coefficient (Wildman–Crippen LogP) is 3.09. The topological polar surface area (TPSA) is 75.4 Å². The fourth-order valence-corrected chi connectivity index (χ4v) is 2.73. The van der Waals surface area contributed by atoms with Crippen molar-refractivity contribution in [2.24, 2.45) is 5.73 Å². The number of amides is 1. The molecule has 2 aromatic rings. The molecule has 3 atom stereocenters. The number of carbonyl (C=O) groups excluding carboxylic acids is 1. The first-order valence-corrected chi connectivity index (χ1v) is 8.30. The minimum Gasteiger partial charge on any atom is -0.393 e. The molecule has 3 unspecified atom stereocenters. The average molecular weight is 363 g/mol. The molecule has 1 amide bonds. The van der Waals surface area contributed by atoms with Gasteiger partial charge in [-0.2, -0.15) is 0 Å². The number of hydrogen-bond acceptors (Lipinski definition) is 3. The van der Waals surface area contributed by atoms with Crippen LogP contribution in [0.4, 0.5) is 0 Å². The molecule has 0 aromatic heterocycles. The maximum atomic E-state index is 12.4. The van der Waals surface area contributed by atoms with Gasteiger partial charge < -0.3 is 16.2 Å². The van der Waals surface area contributed by atoms with Gasteiger partial charge in [0.05, 0.1) is 6.10 Å². The fraction of sp³-hybridized carbons (Fsp3) is 0.350. The molecule has 0 spiro atoms. The first-order valence-electron chi connectivity index (χ1n) is 8.30. The van der Waals surface area contributed by atoms with Gasteiger partial charge in [0.1, 0.15) is 6.04 Å². The lowest BCUT2D eigenvalue weighted by molar-refractivity contribution is -0.122. The largest absolute Gasteiger partial charge is 0.393 e. The first-order chi connectivity index (χ1) is 11.5. The molecular formula is C20H27ClN2O2. The Labute approximate surface area is 155 Å². The Bertz CT molecular complexity index is 645. The van der Waals surface area contributed by atoms with Gasteiger partial charge >= 0.3 is 0 Å². The van der Waals surface area contributed by atoms with Gasteiger partial charge in [-0.1, -0.05) is 60.2 Å². The van der Waals surface area contributed by atoms with Crippen LogP contribution in [0.5, 0.6) is 0 Å². The van der Waals surface area contributed by atoms with Crippen LogP contribution in [0, 0.1) is 6.92 Å². The second-order valence-corrected chi connectivity index (χ2v) is 6.33. The van der Waals surface area contributed by atoms with E-state index in [1.807, 2.05) is 61.5 Å². The van der Waals surface area contributed by atoms with Crippen molar-refractivity contribution in [1.82, 2.24) is 5.32 Å². The smallest absolute Gasteiger partial charge is 0.241 e. The minimum atomic E-state index is -0.687. The van der Waals surface area contributed by atoms with Crippen molar-refractivity contribution < 1.29 is 9.90 Å². The number of hydrogen-bond donors (Lipinski definition) is 3. The summed E-state index contributed by atoms with van der Waals surface area (Å²) in [4.78, 5) is 12.4. The summed E-state index contributed by atoms with van der Waals surface area (Å²) >= 11 is 0. The summed E-state index contributed by atoms with van der Waals surface area (Å²) in [5.41, 5.74) is 9.08. The molecule has 0 aliphatic carbocycles. The lowest BCUT2D eigenvalue weighted by atomic mass is 9.93. The van der Waals surface area contributed by atoms with Crippen LogP contribution in [0.3, 0.4) is 0 Å². The molecule has 0 bridgehead atoms. The van der Waals surface area contributed by atoms with Crippen molar-refractivity contribution >= 4 is 18.3 Å². The van der Waals surface area contributed by atoms with Crippen molar-refractivity contribution in [1.29, 1.82) is 0 Å². The predicted molar refractivity (Wildman–Crippen MR) is 104 cm³/mol. The van der Waals surface area contributed by atoms with Crippen molar-refractivity contribution in [3.8, 4) is 0 Å². The monoisotopic (exact) mass is 362 g/mol. The number of aryl methyl sites for hydroxylation is 1. The lowest BCUT2D eigenvalue weighted by Crippen LogP contribution is -2.37. The molecule has 5 heteroatoms. The summed E-state index contributed by atoms with van der Waals surface area (Å²) in [6, 6.07) is 16.9. The Morgan fingerprint density at radius 2 is 1.68 bits per heavy atom. The quantitative estimate of drug-likeness (QED) is 0.708. The Morgan fingerprint density at radius 3 is 2.24 bits per heavy atom. The standard InChI is InChI=1S/C20H26N2O2.ClH/c1-14-8-10-17(11-9-14)19(21)20(24)22-13-18(12-15(2)23)16-6-4-3-5-7-16;/h3-11,15,18-19,23H,12-13,21H2,1-2H3,(H,22,24);1H. The van der Waals surface area contributed by atoms with Crippen LogP contribution >= 0.6 is 12.4 Å². The van der Waals surface area contributed by atoms with E-state index in [0.29, 0.717) is 13.0 Å². The van der Waals surface area contributed by atoms with Crippen LogP contribution in [0.1, 0.15) is 42.0 Å². The van der Waals surface area contributed by atoms with E-state index < -0.39 is 12.1 Å². The summed E-state index contributed by atoms with van der Waals surface area (Å²) in [5, 5.41) is 12.6. The molecular weight excluding hydrogens is 336 g/mol. The molecule has 4 N–H and O–H groups in total. The number of carbonyl (C=O) groups is 1. The third kappa shape index (κ3) is 6.50.